The Morgan fingerprint density at radius 3 is 2.81 bits per heavy atom. The van der Waals surface area contributed by atoms with Crippen molar-refractivity contribution >= 4 is 28.3 Å². The highest BCUT2D eigenvalue weighted by Gasteiger charge is 2.18. The van der Waals surface area contributed by atoms with Crippen molar-refractivity contribution in [3.8, 4) is 0 Å². The van der Waals surface area contributed by atoms with Crippen molar-refractivity contribution in [2.75, 3.05) is 31.5 Å². The van der Waals surface area contributed by atoms with Crippen LogP contribution < -0.4 is 10.2 Å². The van der Waals surface area contributed by atoms with Crippen molar-refractivity contribution in [3.63, 3.8) is 0 Å². The van der Waals surface area contributed by atoms with E-state index in [2.05, 4.69) is 10.2 Å². The smallest absolute Gasteiger partial charge is 0.306 e. The second-order valence-electron chi connectivity index (χ2n) is 5.64. The van der Waals surface area contributed by atoms with Crippen LogP contribution in [-0.2, 0) is 7.05 Å². The average molecular weight is 309 g/mol. The second-order valence-corrected chi connectivity index (χ2v) is 6.07. The molecule has 1 aromatic carbocycles. The van der Waals surface area contributed by atoms with Gasteiger partial charge in [0.15, 0.2) is 0 Å². The highest BCUT2D eigenvalue weighted by atomic mass is 35.5. The molecule has 0 radical (unpaired) electrons. The highest BCUT2D eigenvalue weighted by Crippen LogP contribution is 2.24. The van der Waals surface area contributed by atoms with Crippen molar-refractivity contribution in [2.45, 2.75) is 19.3 Å². The molecular weight excluding hydrogens is 288 g/mol. The first-order valence-electron chi connectivity index (χ1n) is 7.51. The number of aromatic nitrogens is 2. The Morgan fingerprint density at radius 1 is 1.29 bits per heavy atom. The fourth-order valence-electron chi connectivity index (χ4n) is 3.01. The summed E-state index contributed by atoms with van der Waals surface area (Å²) in [5.74, 6) is 0.590. The molecule has 1 aromatic heterocycles. The van der Waals surface area contributed by atoms with E-state index < -0.39 is 0 Å². The number of hydrogen-bond donors (Lipinski definition) is 1. The Morgan fingerprint density at radius 2 is 2.05 bits per heavy atom. The number of hydrogen-bond acceptors (Lipinski definition) is 3. The molecule has 114 valence electrons. The normalized spacial score (nSPS) is 16.5. The maximum atomic E-state index is 12.2. The van der Waals surface area contributed by atoms with Crippen molar-refractivity contribution in [3.05, 3.63) is 28.4 Å². The van der Waals surface area contributed by atoms with E-state index in [1.54, 1.807) is 17.8 Å². The summed E-state index contributed by atoms with van der Waals surface area (Å²) in [6.07, 6.45) is 3.91. The molecule has 1 fully saturated rings. The highest BCUT2D eigenvalue weighted by molar-refractivity contribution is 6.31. The van der Waals surface area contributed by atoms with E-state index in [9.17, 15) is 5.21 Å². The number of piperidine rings is 1. The maximum Gasteiger partial charge on any atom is 0.306 e. The summed E-state index contributed by atoms with van der Waals surface area (Å²) in [5, 5.41) is 17.0. The number of anilines is 1. The van der Waals surface area contributed by atoms with Gasteiger partial charge in [0.2, 0.25) is 0 Å². The molecule has 1 saturated heterocycles. The summed E-state index contributed by atoms with van der Waals surface area (Å²) in [6.45, 7) is 4.08. The standard InChI is InChI=1S/C15H21ClN4O/c1-18-14-6-5-12(16)11-13(14)15(20(18)21)17-7-10-19-8-3-2-4-9-19/h5-6,11,17H,2-4,7-10H2,1H3. The summed E-state index contributed by atoms with van der Waals surface area (Å²) in [4.78, 5) is 3.35. The molecule has 2 aromatic rings. The monoisotopic (exact) mass is 308 g/mol. The molecule has 3 rings (SSSR count). The molecule has 2 heterocycles. The Hall–Kier alpha value is -1.46. The van der Waals surface area contributed by atoms with Gasteiger partial charge in [0.1, 0.15) is 0 Å². The molecule has 0 unspecified atom stereocenters. The molecule has 0 spiro atoms. The molecule has 0 amide bonds. The molecule has 0 bridgehead atoms. The van der Waals surface area contributed by atoms with Crippen molar-refractivity contribution < 1.29 is 4.85 Å². The number of rotatable bonds is 4. The van der Waals surface area contributed by atoms with Crippen LogP contribution in [0, 0.1) is 5.21 Å². The molecule has 21 heavy (non-hydrogen) atoms. The third kappa shape index (κ3) is 2.94. The van der Waals surface area contributed by atoms with Gasteiger partial charge in [-0.05, 0) is 44.1 Å². The lowest BCUT2D eigenvalue weighted by atomic mass is 10.1. The van der Waals surface area contributed by atoms with Gasteiger partial charge < -0.3 is 5.21 Å². The molecule has 0 saturated carbocycles. The van der Waals surface area contributed by atoms with Crippen LogP contribution in [0.25, 0.3) is 10.9 Å². The molecular formula is C15H21ClN4O. The van der Waals surface area contributed by atoms with Crippen molar-refractivity contribution in [1.29, 1.82) is 0 Å². The number of aryl methyl sites for hydroxylation is 1. The van der Waals surface area contributed by atoms with E-state index in [0.717, 1.165) is 28.8 Å². The Balaban J connectivity index is 1.73. The number of likely N-dealkylation sites (tertiary alicyclic amines) is 1. The molecule has 0 atom stereocenters. The van der Waals surface area contributed by atoms with E-state index in [0.29, 0.717) is 10.8 Å². The molecule has 1 aliphatic rings. The first-order valence-corrected chi connectivity index (χ1v) is 7.88. The number of fused-ring (bicyclic) bond motifs is 1. The lowest BCUT2D eigenvalue weighted by molar-refractivity contribution is -0.675. The van der Waals surface area contributed by atoms with Crippen LogP contribution in [0.3, 0.4) is 0 Å². The van der Waals surface area contributed by atoms with Gasteiger partial charge in [0, 0.05) is 18.6 Å². The van der Waals surface area contributed by atoms with Gasteiger partial charge in [-0.15, -0.1) is 0 Å². The maximum absolute atomic E-state index is 12.2. The van der Waals surface area contributed by atoms with Crippen LogP contribution in [0.1, 0.15) is 19.3 Å². The summed E-state index contributed by atoms with van der Waals surface area (Å²) in [7, 11) is 1.76. The summed E-state index contributed by atoms with van der Waals surface area (Å²) >= 11 is 6.05. The zero-order valence-corrected chi connectivity index (χ0v) is 13.1. The van der Waals surface area contributed by atoms with E-state index in [1.807, 2.05) is 12.1 Å². The lowest BCUT2D eigenvalue weighted by Crippen LogP contribution is -2.39. The molecule has 1 N–H and O–H groups in total. The number of halogens is 1. The fraction of sp³-hybridized carbons (Fsp3) is 0.533. The predicted octanol–water partition coefficient (Wildman–Crippen LogP) is 2.36. The largest absolute Gasteiger partial charge is 0.692 e. The zero-order chi connectivity index (χ0) is 14.8. The van der Waals surface area contributed by atoms with Crippen LogP contribution in [-0.4, -0.2) is 35.8 Å². The van der Waals surface area contributed by atoms with E-state index in [-0.39, 0.29) is 0 Å². The van der Waals surface area contributed by atoms with Gasteiger partial charge in [0.25, 0.3) is 0 Å². The first-order chi connectivity index (χ1) is 10.2. The van der Waals surface area contributed by atoms with Gasteiger partial charge in [-0.3, -0.25) is 10.2 Å². The topological polar surface area (TPSA) is 47.1 Å². The number of nitrogens with zero attached hydrogens (tertiary/aromatic N) is 3. The van der Waals surface area contributed by atoms with Crippen molar-refractivity contribution in [1.82, 2.24) is 9.58 Å². The zero-order valence-electron chi connectivity index (χ0n) is 12.3. The van der Waals surface area contributed by atoms with E-state index in [1.165, 1.54) is 32.4 Å². The molecule has 6 heteroatoms. The first kappa shape index (κ1) is 14.5. The predicted molar refractivity (Wildman–Crippen MR) is 85.7 cm³/mol. The lowest BCUT2D eigenvalue weighted by Gasteiger charge is -2.25. The van der Waals surface area contributed by atoms with E-state index in [4.69, 9.17) is 11.6 Å². The average Bonchev–Trinajstić information content (AvgIpc) is 2.73. The third-order valence-corrected chi connectivity index (χ3v) is 4.43. The second kappa shape index (κ2) is 6.12. The summed E-state index contributed by atoms with van der Waals surface area (Å²) in [6, 6.07) is 5.53. The SMILES string of the molecule is Cn1c2ccc(Cl)cc2c(NCCN2CCCCC2)[n+]1[O-]. The molecule has 5 nitrogen and oxygen atoms in total. The third-order valence-electron chi connectivity index (χ3n) is 4.20. The quantitative estimate of drug-likeness (QED) is 0.697. The fourth-order valence-corrected chi connectivity index (χ4v) is 3.18. The van der Waals surface area contributed by atoms with E-state index >= 15 is 0 Å². The minimum absolute atomic E-state index is 0.590. The van der Waals surface area contributed by atoms with Crippen LogP contribution in [0.15, 0.2) is 18.2 Å². The molecule has 1 aliphatic heterocycles. The van der Waals surface area contributed by atoms with Crippen molar-refractivity contribution in [2.24, 2.45) is 7.05 Å². The minimum Gasteiger partial charge on any atom is -0.692 e. The van der Waals surface area contributed by atoms with Crippen LogP contribution in [0.2, 0.25) is 5.02 Å². The van der Waals surface area contributed by atoms with Crippen LogP contribution >= 0.6 is 11.6 Å². The summed E-state index contributed by atoms with van der Waals surface area (Å²) < 4.78 is 1.59. The van der Waals surface area contributed by atoms with Gasteiger partial charge in [0.05, 0.1) is 17.4 Å². The minimum atomic E-state index is 0.590. The van der Waals surface area contributed by atoms with Gasteiger partial charge >= 0.3 is 5.82 Å². The number of nitrogens with one attached hydrogen (secondary N) is 1. The van der Waals surface area contributed by atoms with Crippen LogP contribution in [0.4, 0.5) is 5.82 Å². The Bertz CT molecular complexity index is 634. The Labute approximate surface area is 129 Å². The van der Waals surface area contributed by atoms with Crippen LogP contribution in [0.5, 0.6) is 0 Å². The molecule has 0 aliphatic carbocycles. The summed E-state index contributed by atoms with van der Waals surface area (Å²) in [5.41, 5.74) is 0.884. The number of benzene rings is 1. The Kier molecular flexibility index (Phi) is 4.22. The van der Waals surface area contributed by atoms with Gasteiger partial charge in [-0.2, -0.15) is 4.85 Å². The van der Waals surface area contributed by atoms with Gasteiger partial charge in [-0.1, -0.05) is 18.0 Å². The van der Waals surface area contributed by atoms with Gasteiger partial charge in [-0.25, -0.2) is 4.68 Å².